The second-order valence-corrected chi connectivity index (χ2v) is 30.1. The van der Waals surface area contributed by atoms with Gasteiger partial charge in [0.15, 0.2) is 0 Å². The summed E-state index contributed by atoms with van der Waals surface area (Å²) in [4.78, 5) is 0. The Morgan fingerprint density at radius 2 is 0.706 bits per heavy atom. The molecule has 2 aliphatic rings. The van der Waals surface area contributed by atoms with Crippen LogP contribution in [0, 0.1) is 10.8 Å². The smallest absolute Gasteiger partial charge is 1.00 e. The van der Waals surface area contributed by atoms with Gasteiger partial charge in [0.1, 0.15) is 0 Å². The van der Waals surface area contributed by atoms with Gasteiger partial charge in [0, 0.05) is 0 Å². The van der Waals surface area contributed by atoms with Crippen LogP contribution in [0.15, 0.2) is 146 Å². The normalized spacial score (nSPS) is 16.2. The summed E-state index contributed by atoms with van der Waals surface area (Å²) in [7, 11) is 0. The van der Waals surface area contributed by atoms with E-state index >= 15 is 0 Å². The van der Waals surface area contributed by atoms with Gasteiger partial charge in [-0.3, -0.25) is 0 Å². The molecule has 0 N–H and O–H groups in total. The summed E-state index contributed by atoms with van der Waals surface area (Å²) in [6.07, 6.45) is 27.8. The fourth-order valence-corrected chi connectivity index (χ4v) is 12.0. The molecule has 0 saturated heterocycles. The van der Waals surface area contributed by atoms with Gasteiger partial charge in [-0.2, -0.15) is 12.1 Å². The summed E-state index contributed by atoms with van der Waals surface area (Å²) < 4.78 is 0. The Morgan fingerprint density at radius 1 is 0.412 bits per heavy atom. The summed E-state index contributed by atoms with van der Waals surface area (Å²) in [5.74, 6) is 0. The van der Waals surface area contributed by atoms with E-state index in [4.69, 9.17) is 0 Å². The van der Waals surface area contributed by atoms with Crippen LogP contribution in [0.3, 0.4) is 0 Å². The molecule has 0 heterocycles. The van der Waals surface area contributed by atoms with Crippen LogP contribution >= 0.6 is 0 Å². The average Bonchev–Trinajstić information content (AvgIpc) is 4.00. The van der Waals surface area contributed by atoms with Crippen LogP contribution in [0.2, 0.25) is 13.1 Å². The van der Waals surface area contributed by atoms with E-state index < -0.39 is 0 Å². The number of halogens is 2. The molecule has 2 aliphatic carbocycles. The summed E-state index contributed by atoms with van der Waals surface area (Å²) in [5, 5.41) is 11.0. The van der Waals surface area contributed by atoms with Crippen molar-refractivity contribution in [1.82, 2.24) is 0 Å². The molecule has 356 valence electrons. The minimum atomic E-state index is 0. The van der Waals surface area contributed by atoms with Crippen LogP contribution in [0.4, 0.5) is 0 Å². The molecule has 0 spiro atoms. The first-order valence-corrected chi connectivity index (χ1v) is 32.3. The maximum Gasteiger partial charge on any atom is -1.00 e. The summed E-state index contributed by atoms with van der Waals surface area (Å²) in [6, 6.07) is 54.6. The number of rotatable bonds is 8. The van der Waals surface area contributed by atoms with Crippen molar-refractivity contribution in [2.24, 2.45) is 10.8 Å². The molecule has 0 aliphatic heterocycles. The van der Waals surface area contributed by atoms with Gasteiger partial charge in [-0.1, -0.05) is 212 Å². The Balaban J connectivity index is 0.000000202. The minimum absolute atomic E-state index is 0. The molecule has 4 heteroatoms. The van der Waals surface area contributed by atoms with E-state index in [0.717, 1.165) is 0 Å². The van der Waals surface area contributed by atoms with E-state index in [9.17, 15) is 0 Å². The van der Waals surface area contributed by atoms with E-state index in [1.54, 1.807) is 34.5 Å². The molecular formula is C64H76Cl2SiZr-2. The first kappa shape index (κ1) is 54.1. The third-order valence-electron chi connectivity index (χ3n) is 15.8. The third-order valence-corrected chi connectivity index (χ3v) is 15.8. The van der Waals surface area contributed by atoms with Crippen molar-refractivity contribution < 1.29 is 48.1 Å². The SMILES string of the molecule is CCC1(Cc2cc3c(-c4cccc5ccccc45)cccc3[cH-]2)CCCCCCCC1.CCC1(Cc2cc3c(-c4cccc5ccccc45)cccc3[cH-]2)CCCCCCCC1.C[Si](C)=[Zr+2].[Cl-].[Cl-]. The summed E-state index contributed by atoms with van der Waals surface area (Å²) in [5.41, 5.74) is 9.75. The molecule has 8 aromatic carbocycles. The molecule has 0 atom stereocenters. The van der Waals surface area contributed by atoms with Gasteiger partial charge in [0.05, 0.1) is 0 Å². The molecule has 0 amide bonds. The van der Waals surface area contributed by atoms with Gasteiger partial charge in [0.2, 0.25) is 0 Å². The number of hydrogen-bond donors (Lipinski definition) is 0. The molecule has 2 saturated carbocycles. The van der Waals surface area contributed by atoms with Crippen LogP contribution in [0.5, 0.6) is 0 Å². The van der Waals surface area contributed by atoms with Crippen LogP contribution in [-0.4, -0.2) is 5.43 Å². The molecule has 2 fully saturated rings. The largest absolute Gasteiger partial charge is 1.00 e. The minimum Gasteiger partial charge on any atom is -1.00 e. The van der Waals surface area contributed by atoms with Gasteiger partial charge in [-0.25, -0.2) is 0 Å². The number of hydrogen-bond acceptors (Lipinski definition) is 0. The zero-order chi connectivity index (χ0) is 45.8. The fourth-order valence-electron chi connectivity index (χ4n) is 12.0. The van der Waals surface area contributed by atoms with Crippen LogP contribution < -0.4 is 24.8 Å². The maximum absolute atomic E-state index is 2.51. The topological polar surface area (TPSA) is 0 Å². The number of benzene rings is 6. The fraction of sp³-hybridized carbons (Fsp3) is 0.406. The standard InChI is InChI=1S/2C31H35.C2H6Si.2ClH.Zr/c2*1-2-31(19-9-5-3-4-6-10-20-31)23-24-21-26-15-12-18-29(30(26)22-24)28-17-11-14-25-13-7-8-16-27(25)28;1-3-2;;;/h2*7-8,11-18,21-22H,2-6,9-10,19-20,23H2,1H3;1-2H3;2*1H;/q2*-1;;;;+2/p-2. The Labute approximate surface area is 438 Å². The van der Waals surface area contributed by atoms with Gasteiger partial charge in [-0.15, -0.1) is 69.1 Å². The molecule has 68 heavy (non-hydrogen) atoms. The predicted octanol–water partition coefficient (Wildman–Crippen LogP) is 13.7. The van der Waals surface area contributed by atoms with E-state index in [1.807, 2.05) is 0 Å². The van der Waals surface area contributed by atoms with Crippen molar-refractivity contribution in [3.05, 3.63) is 157 Å². The number of fused-ring (bicyclic) bond motifs is 4. The van der Waals surface area contributed by atoms with Gasteiger partial charge in [0.25, 0.3) is 0 Å². The molecular weight excluding hydrogens is 959 g/mol. The van der Waals surface area contributed by atoms with Crippen LogP contribution in [0.1, 0.15) is 141 Å². The Bertz CT molecular complexity index is 2600. The second-order valence-electron chi connectivity index (χ2n) is 20.7. The van der Waals surface area contributed by atoms with Crippen LogP contribution in [0.25, 0.3) is 65.3 Å². The van der Waals surface area contributed by atoms with Gasteiger partial charge in [-0.05, 0) is 82.0 Å². The van der Waals surface area contributed by atoms with E-state index in [2.05, 4.69) is 173 Å². The predicted molar refractivity (Wildman–Crippen MR) is 289 cm³/mol. The van der Waals surface area contributed by atoms with Crippen molar-refractivity contribution in [1.29, 1.82) is 0 Å². The quantitative estimate of drug-likeness (QED) is 0.105. The monoisotopic (exact) mass is 1030 g/mol. The first-order chi connectivity index (χ1) is 32.3. The van der Waals surface area contributed by atoms with Gasteiger partial charge < -0.3 is 24.8 Å². The first-order valence-electron chi connectivity index (χ1n) is 26.1. The summed E-state index contributed by atoms with van der Waals surface area (Å²) in [6.45, 7) is 9.48. The molecule has 0 aromatic heterocycles. The Morgan fingerprint density at radius 3 is 1.06 bits per heavy atom. The summed E-state index contributed by atoms with van der Waals surface area (Å²) >= 11 is 1.74. The van der Waals surface area contributed by atoms with E-state index in [1.165, 1.54) is 194 Å². The molecule has 0 unspecified atom stereocenters. The van der Waals surface area contributed by atoms with Gasteiger partial charge >= 0.3 is 41.9 Å². The van der Waals surface area contributed by atoms with E-state index in [-0.39, 0.29) is 30.2 Å². The zero-order valence-corrected chi connectivity index (χ0v) is 46.7. The van der Waals surface area contributed by atoms with Crippen molar-refractivity contribution in [2.75, 3.05) is 0 Å². The van der Waals surface area contributed by atoms with Crippen LogP contribution in [-0.2, 0) is 36.2 Å². The molecule has 0 radical (unpaired) electrons. The zero-order valence-electron chi connectivity index (χ0n) is 41.8. The molecule has 8 aromatic rings. The van der Waals surface area contributed by atoms with Crippen molar-refractivity contribution in [2.45, 2.75) is 155 Å². The maximum atomic E-state index is 2.51. The van der Waals surface area contributed by atoms with Crippen molar-refractivity contribution >= 4 is 48.5 Å². The van der Waals surface area contributed by atoms with E-state index in [0.29, 0.717) is 10.8 Å². The Kier molecular flexibility index (Phi) is 20.9. The third kappa shape index (κ3) is 13.6. The average molecular weight is 1040 g/mol. The second kappa shape index (κ2) is 26.3. The Hall–Kier alpha value is -3.26. The molecule has 0 bridgehead atoms. The molecule has 10 rings (SSSR count). The van der Waals surface area contributed by atoms with Crippen molar-refractivity contribution in [3.8, 4) is 22.3 Å². The molecule has 0 nitrogen and oxygen atoms in total. The van der Waals surface area contributed by atoms with Crippen molar-refractivity contribution in [3.63, 3.8) is 0 Å².